The van der Waals surface area contributed by atoms with Crippen LogP contribution in [0.3, 0.4) is 0 Å². The number of aromatic nitrogens is 2. The Balaban J connectivity index is 1.77. The van der Waals surface area contributed by atoms with Crippen LogP contribution >= 0.6 is 11.3 Å². The number of benzene rings is 1. The maximum absolute atomic E-state index is 12.8. The number of amides is 2. The summed E-state index contributed by atoms with van der Waals surface area (Å²) >= 11 is 1.44. The average Bonchev–Trinajstić information content (AvgIpc) is 3.21. The van der Waals surface area contributed by atoms with Crippen LogP contribution in [0.2, 0.25) is 0 Å². The molecule has 0 aliphatic heterocycles. The highest BCUT2D eigenvalue weighted by molar-refractivity contribution is 7.15. The Kier molecular flexibility index (Phi) is 5.60. The summed E-state index contributed by atoms with van der Waals surface area (Å²) in [7, 11) is 0. The number of para-hydroxylation sites is 1. The molecule has 6 nitrogen and oxygen atoms in total. The van der Waals surface area contributed by atoms with E-state index in [2.05, 4.69) is 20.6 Å². The Labute approximate surface area is 162 Å². The number of nitrogens with zero attached hydrogens (tertiary/aromatic N) is 1. The molecule has 0 bridgehead atoms. The summed E-state index contributed by atoms with van der Waals surface area (Å²) in [6.45, 7) is 7.82. The molecule has 7 heteroatoms. The Morgan fingerprint density at radius 3 is 2.63 bits per heavy atom. The first kappa shape index (κ1) is 19.1. The average molecular weight is 385 g/mol. The van der Waals surface area contributed by atoms with Gasteiger partial charge in [0.2, 0.25) is 5.91 Å². The number of carbonyl (C=O) groups is 2. The molecule has 0 radical (unpaired) electrons. The molecule has 0 fully saturated rings. The van der Waals surface area contributed by atoms with Crippen LogP contribution in [0.25, 0.3) is 10.9 Å². The molecule has 0 saturated carbocycles. The van der Waals surface area contributed by atoms with Gasteiger partial charge in [0.15, 0.2) is 5.13 Å². The number of aryl methyl sites for hydroxylation is 2. The van der Waals surface area contributed by atoms with Crippen molar-refractivity contribution in [1.82, 2.24) is 15.3 Å². The van der Waals surface area contributed by atoms with Crippen LogP contribution in [0, 0.1) is 19.8 Å². The zero-order chi connectivity index (χ0) is 19.6. The summed E-state index contributed by atoms with van der Waals surface area (Å²) in [5, 5.41) is 7.24. The van der Waals surface area contributed by atoms with Gasteiger partial charge in [-0.15, -0.1) is 11.3 Å². The van der Waals surface area contributed by atoms with E-state index in [4.69, 9.17) is 0 Å². The van der Waals surface area contributed by atoms with Crippen molar-refractivity contribution >= 4 is 39.2 Å². The van der Waals surface area contributed by atoms with E-state index < -0.39 is 6.04 Å². The van der Waals surface area contributed by atoms with E-state index in [1.165, 1.54) is 11.3 Å². The monoisotopic (exact) mass is 384 g/mol. The lowest BCUT2D eigenvalue weighted by atomic mass is 9.98. The number of rotatable bonds is 6. The van der Waals surface area contributed by atoms with Crippen molar-refractivity contribution in [3.8, 4) is 0 Å². The molecule has 0 aliphatic carbocycles. The van der Waals surface area contributed by atoms with Gasteiger partial charge in [-0.25, -0.2) is 4.98 Å². The largest absolute Gasteiger partial charge is 0.351 e. The lowest BCUT2D eigenvalue weighted by molar-refractivity contribution is -0.119. The molecule has 2 amide bonds. The second kappa shape index (κ2) is 7.92. The Hall–Kier alpha value is -2.67. The number of carbonyl (C=O) groups excluding carboxylic acids is 2. The minimum Gasteiger partial charge on any atom is -0.351 e. The van der Waals surface area contributed by atoms with Gasteiger partial charge in [0.05, 0.1) is 5.69 Å². The standard InChI is InChI=1S/C20H24N4O2S/c1-5-11(2)17(19(26)24-20-21-12(3)13(4)27-20)23-18(25)16-10-14-8-6-7-9-15(14)22-16/h6-11,17,22H,5H2,1-4H3,(H,23,25)(H,21,24,26)/t11-,17+/m1/s1. The van der Waals surface area contributed by atoms with E-state index >= 15 is 0 Å². The van der Waals surface area contributed by atoms with Crippen molar-refractivity contribution in [2.75, 3.05) is 5.32 Å². The van der Waals surface area contributed by atoms with E-state index in [9.17, 15) is 9.59 Å². The molecule has 142 valence electrons. The van der Waals surface area contributed by atoms with Gasteiger partial charge in [0.25, 0.3) is 5.91 Å². The van der Waals surface area contributed by atoms with E-state index in [0.717, 1.165) is 27.9 Å². The maximum atomic E-state index is 12.8. The Morgan fingerprint density at radius 2 is 2.00 bits per heavy atom. The molecule has 0 unspecified atom stereocenters. The summed E-state index contributed by atoms with van der Waals surface area (Å²) in [6.07, 6.45) is 0.765. The molecule has 3 aromatic rings. The second-order valence-electron chi connectivity index (χ2n) is 6.76. The molecule has 3 N–H and O–H groups in total. The molecular weight excluding hydrogens is 360 g/mol. The molecule has 0 saturated heterocycles. The number of hydrogen-bond acceptors (Lipinski definition) is 4. The molecule has 0 aliphatic rings. The summed E-state index contributed by atoms with van der Waals surface area (Å²) in [6, 6.07) is 8.84. The topological polar surface area (TPSA) is 86.9 Å². The van der Waals surface area contributed by atoms with Crippen molar-refractivity contribution in [1.29, 1.82) is 0 Å². The summed E-state index contributed by atoms with van der Waals surface area (Å²) in [4.78, 5) is 34.0. The van der Waals surface area contributed by atoms with Crippen LogP contribution in [-0.2, 0) is 4.79 Å². The fourth-order valence-corrected chi connectivity index (χ4v) is 3.64. The smallest absolute Gasteiger partial charge is 0.268 e. The number of H-pyrrole nitrogens is 1. The lowest BCUT2D eigenvalue weighted by Gasteiger charge is -2.22. The van der Waals surface area contributed by atoms with Gasteiger partial charge < -0.3 is 15.6 Å². The molecule has 1 aromatic carbocycles. The van der Waals surface area contributed by atoms with Crippen LogP contribution in [0.15, 0.2) is 30.3 Å². The predicted octanol–water partition coefficient (Wildman–Crippen LogP) is 4.02. The summed E-state index contributed by atoms with van der Waals surface area (Å²) in [5.41, 5.74) is 2.23. The van der Waals surface area contributed by atoms with E-state index in [-0.39, 0.29) is 17.7 Å². The van der Waals surface area contributed by atoms with Crippen molar-refractivity contribution < 1.29 is 9.59 Å². The van der Waals surface area contributed by atoms with Crippen LogP contribution in [0.5, 0.6) is 0 Å². The highest BCUT2D eigenvalue weighted by Gasteiger charge is 2.27. The van der Waals surface area contributed by atoms with Crippen LogP contribution in [-0.4, -0.2) is 27.8 Å². The normalized spacial score (nSPS) is 13.3. The van der Waals surface area contributed by atoms with Crippen LogP contribution in [0.4, 0.5) is 5.13 Å². The van der Waals surface area contributed by atoms with E-state index in [0.29, 0.717) is 10.8 Å². The van der Waals surface area contributed by atoms with E-state index in [1.807, 2.05) is 52.0 Å². The van der Waals surface area contributed by atoms with Crippen molar-refractivity contribution in [3.63, 3.8) is 0 Å². The predicted molar refractivity (Wildman–Crippen MR) is 109 cm³/mol. The minimum atomic E-state index is -0.640. The first-order valence-corrected chi connectivity index (χ1v) is 9.84. The summed E-state index contributed by atoms with van der Waals surface area (Å²) < 4.78 is 0. The Bertz CT molecular complexity index is 923. The number of thiazole rings is 1. The van der Waals surface area contributed by atoms with Gasteiger partial charge >= 0.3 is 0 Å². The molecule has 27 heavy (non-hydrogen) atoms. The third-order valence-electron chi connectivity index (χ3n) is 4.82. The van der Waals surface area contributed by atoms with Crippen molar-refractivity contribution in [2.24, 2.45) is 5.92 Å². The van der Waals surface area contributed by atoms with E-state index in [1.54, 1.807) is 6.07 Å². The number of aromatic amines is 1. The Morgan fingerprint density at radius 1 is 1.26 bits per heavy atom. The zero-order valence-electron chi connectivity index (χ0n) is 15.9. The van der Waals surface area contributed by atoms with Crippen molar-refractivity contribution in [2.45, 2.75) is 40.2 Å². The molecule has 2 aromatic heterocycles. The first-order valence-electron chi connectivity index (χ1n) is 9.02. The van der Waals surface area contributed by atoms with Gasteiger partial charge in [0, 0.05) is 15.8 Å². The fourth-order valence-electron chi connectivity index (χ4n) is 2.83. The zero-order valence-corrected chi connectivity index (χ0v) is 16.7. The first-order chi connectivity index (χ1) is 12.9. The van der Waals surface area contributed by atoms with Gasteiger partial charge in [-0.05, 0) is 31.9 Å². The van der Waals surface area contributed by atoms with Crippen molar-refractivity contribution in [3.05, 3.63) is 46.6 Å². The minimum absolute atomic E-state index is 0.0134. The molecule has 2 heterocycles. The molecule has 2 atom stereocenters. The summed E-state index contributed by atoms with van der Waals surface area (Å²) in [5.74, 6) is -0.554. The van der Waals surface area contributed by atoms with Crippen LogP contribution < -0.4 is 10.6 Å². The van der Waals surface area contributed by atoms with Gasteiger partial charge in [-0.2, -0.15) is 0 Å². The van der Waals surface area contributed by atoms with Crippen LogP contribution in [0.1, 0.15) is 41.3 Å². The number of hydrogen-bond donors (Lipinski definition) is 3. The number of fused-ring (bicyclic) bond motifs is 1. The van der Waals surface area contributed by atoms with Gasteiger partial charge in [-0.3, -0.25) is 9.59 Å². The lowest BCUT2D eigenvalue weighted by Crippen LogP contribution is -2.47. The van der Waals surface area contributed by atoms with Gasteiger partial charge in [0.1, 0.15) is 11.7 Å². The molecule has 0 spiro atoms. The highest BCUT2D eigenvalue weighted by atomic mass is 32.1. The third kappa shape index (κ3) is 4.19. The fraction of sp³-hybridized carbons (Fsp3) is 0.350. The molecular formula is C20H24N4O2S. The second-order valence-corrected chi connectivity index (χ2v) is 7.96. The highest BCUT2D eigenvalue weighted by Crippen LogP contribution is 2.22. The molecule has 3 rings (SSSR count). The SMILES string of the molecule is CC[C@@H](C)[C@H](NC(=O)c1cc2ccccc2[nH]1)C(=O)Nc1nc(C)c(C)s1. The van der Waals surface area contributed by atoms with Gasteiger partial charge in [-0.1, -0.05) is 38.5 Å². The third-order valence-corrected chi connectivity index (χ3v) is 5.80. The number of anilines is 1. The maximum Gasteiger partial charge on any atom is 0.268 e. The number of nitrogens with one attached hydrogen (secondary N) is 3. The quantitative estimate of drug-likeness (QED) is 0.600.